The number of piperazine rings is 1. The van der Waals surface area contributed by atoms with Crippen LogP contribution in [0.25, 0.3) is 11.5 Å². The number of aromatic nitrogens is 1. The molecule has 156 valence electrons. The molecule has 29 heavy (non-hydrogen) atoms. The summed E-state index contributed by atoms with van der Waals surface area (Å²) in [4.78, 5) is 22.0. The zero-order chi connectivity index (χ0) is 20.4. The van der Waals surface area contributed by atoms with Gasteiger partial charge in [-0.3, -0.25) is 9.69 Å². The molecule has 0 aliphatic carbocycles. The second-order valence-electron chi connectivity index (χ2n) is 8.22. The van der Waals surface area contributed by atoms with Crippen LogP contribution in [0, 0.1) is 12.8 Å². The Hall–Kier alpha value is -1.89. The van der Waals surface area contributed by atoms with Crippen molar-refractivity contribution in [1.29, 1.82) is 0 Å². The van der Waals surface area contributed by atoms with E-state index < -0.39 is 0 Å². The summed E-state index contributed by atoms with van der Waals surface area (Å²) in [7, 11) is 0. The number of carbonyl (C=O) groups excluding carboxylic acids is 1. The first-order chi connectivity index (χ1) is 14.0. The van der Waals surface area contributed by atoms with Gasteiger partial charge >= 0.3 is 0 Å². The molecule has 1 atom stereocenters. The largest absolute Gasteiger partial charge is 0.441 e. The number of nitrogens with zero attached hydrogens (tertiary/aromatic N) is 3. The molecule has 0 bridgehead atoms. The van der Waals surface area contributed by atoms with Crippen molar-refractivity contribution >= 4 is 17.5 Å². The third-order valence-corrected chi connectivity index (χ3v) is 6.23. The first kappa shape index (κ1) is 20.4. The lowest BCUT2D eigenvalue weighted by Crippen LogP contribution is -2.53. The highest BCUT2D eigenvalue weighted by Crippen LogP contribution is 2.26. The lowest BCUT2D eigenvalue weighted by atomic mass is 9.94. The van der Waals surface area contributed by atoms with Crippen molar-refractivity contribution in [2.45, 2.75) is 39.3 Å². The van der Waals surface area contributed by atoms with E-state index in [4.69, 9.17) is 21.0 Å². The number of hydrogen-bond donors (Lipinski definition) is 1. The summed E-state index contributed by atoms with van der Waals surface area (Å²) in [5.74, 6) is 1.97. The molecular formula is C22H29ClN4O2. The number of halogens is 1. The first-order valence-corrected chi connectivity index (χ1v) is 10.8. The molecule has 3 heterocycles. The van der Waals surface area contributed by atoms with Gasteiger partial charge in [0.25, 0.3) is 0 Å². The van der Waals surface area contributed by atoms with Crippen LogP contribution in [0.4, 0.5) is 0 Å². The normalized spacial score (nSPS) is 21.5. The van der Waals surface area contributed by atoms with E-state index in [0.717, 1.165) is 69.1 Å². The van der Waals surface area contributed by atoms with E-state index in [1.54, 1.807) is 0 Å². The van der Waals surface area contributed by atoms with E-state index >= 15 is 0 Å². The monoisotopic (exact) mass is 416 g/mol. The Labute approximate surface area is 177 Å². The molecule has 2 fully saturated rings. The highest BCUT2D eigenvalue weighted by atomic mass is 35.5. The fraction of sp³-hybridized carbons (Fsp3) is 0.545. The molecule has 7 heteroatoms. The van der Waals surface area contributed by atoms with E-state index in [0.29, 0.717) is 22.9 Å². The van der Waals surface area contributed by atoms with Crippen molar-refractivity contribution < 1.29 is 9.21 Å². The lowest BCUT2D eigenvalue weighted by molar-refractivity contribution is -0.138. The van der Waals surface area contributed by atoms with E-state index in [2.05, 4.69) is 17.1 Å². The van der Waals surface area contributed by atoms with Gasteiger partial charge in [0, 0.05) is 48.7 Å². The first-order valence-electron chi connectivity index (χ1n) is 10.5. The van der Waals surface area contributed by atoms with E-state index in [1.165, 1.54) is 0 Å². The molecule has 0 unspecified atom stereocenters. The maximum Gasteiger partial charge on any atom is 0.226 e. The van der Waals surface area contributed by atoms with Gasteiger partial charge < -0.3 is 14.6 Å². The van der Waals surface area contributed by atoms with Gasteiger partial charge in [-0.1, -0.05) is 11.6 Å². The van der Waals surface area contributed by atoms with Crippen molar-refractivity contribution in [2.24, 2.45) is 5.92 Å². The Morgan fingerprint density at radius 2 is 1.97 bits per heavy atom. The summed E-state index contributed by atoms with van der Waals surface area (Å²) in [6.45, 7) is 9.24. The quantitative estimate of drug-likeness (QED) is 0.828. The average Bonchev–Trinajstić information content (AvgIpc) is 3.09. The van der Waals surface area contributed by atoms with Crippen molar-refractivity contribution in [2.75, 3.05) is 32.7 Å². The van der Waals surface area contributed by atoms with Gasteiger partial charge in [0.2, 0.25) is 11.8 Å². The zero-order valence-corrected chi connectivity index (χ0v) is 17.9. The van der Waals surface area contributed by atoms with Crippen LogP contribution in [0.3, 0.4) is 0 Å². The van der Waals surface area contributed by atoms with Gasteiger partial charge in [-0.05, 0) is 64.0 Å². The summed E-state index contributed by atoms with van der Waals surface area (Å²) in [6, 6.07) is 7.92. The van der Waals surface area contributed by atoms with Crippen molar-refractivity contribution in [3.63, 3.8) is 0 Å². The minimum absolute atomic E-state index is 0.152. The van der Waals surface area contributed by atoms with Crippen LogP contribution in [0.5, 0.6) is 0 Å². The molecule has 0 spiro atoms. The maximum absolute atomic E-state index is 12.8. The van der Waals surface area contributed by atoms with E-state index in [9.17, 15) is 4.79 Å². The maximum atomic E-state index is 12.8. The SMILES string of the molecule is Cc1oc(-c2ccc(Cl)cc2)nc1CN1CCC(C(=O)N2CCN[C@H](C)C2)CC1. The van der Waals surface area contributed by atoms with Crippen molar-refractivity contribution in [3.8, 4) is 11.5 Å². The smallest absolute Gasteiger partial charge is 0.226 e. The highest BCUT2D eigenvalue weighted by molar-refractivity contribution is 6.30. The zero-order valence-electron chi connectivity index (χ0n) is 17.2. The van der Waals surface area contributed by atoms with Crippen LogP contribution in [-0.4, -0.2) is 59.5 Å². The number of rotatable bonds is 4. The second-order valence-corrected chi connectivity index (χ2v) is 8.66. The van der Waals surface area contributed by atoms with Crippen LogP contribution >= 0.6 is 11.6 Å². The molecule has 0 saturated carbocycles. The van der Waals surface area contributed by atoms with Crippen LogP contribution in [0.1, 0.15) is 31.2 Å². The standard InChI is InChI=1S/C22H29ClN4O2/c1-15-13-27(12-9-24-15)22(28)18-7-10-26(11-8-18)14-20-16(2)29-21(25-20)17-3-5-19(23)6-4-17/h3-6,15,18,24H,7-14H2,1-2H3/t15-/m1/s1. The van der Waals surface area contributed by atoms with Crippen LogP contribution in [-0.2, 0) is 11.3 Å². The molecule has 1 amide bonds. The Kier molecular flexibility index (Phi) is 6.23. The predicted octanol–water partition coefficient (Wildman–Crippen LogP) is 3.34. The molecule has 2 aromatic rings. The number of likely N-dealkylation sites (tertiary alicyclic amines) is 1. The molecule has 1 aromatic heterocycles. The highest BCUT2D eigenvalue weighted by Gasteiger charge is 2.30. The fourth-order valence-electron chi connectivity index (χ4n) is 4.23. The van der Waals surface area contributed by atoms with Gasteiger partial charge in [0.15, 0.2) is 0 Å². The number of hydrogen-bond acceptors (Lipinski definition) is 5. The summed E-state index contributed by atoms with van der Waals surface area (Å²) >= 11 is 5.97. The molecule has 6 nitrogen and oxygen atoms in total. The van der Waals surface area contributed by atoms with Gasteiger partial charge in [0.05, 0.1) is 5.69 Å². The summed E-state index contributed by atoms with van der Waals surface area (Å²) < 4.78 is 5.88. The molecule has 1 aromatic carbocycles. The third-order valence-electron chi connectivity index (χ3n) is 5.97. The Morgan fingerprint density at radius 1 is 1.24 bits per heavy atom. The molecular weight excluding hydrogens is 388 g/mol. The average molecular weight is 417 g/mol. The summed E-state index contributed by atoms with van der Waals surface area (Å²) in [5.41, 5.74) is 1.90. The Morgan fingerprint density at radius 3 is 2.66 bits per heavy atom. The van der Waals surface area contributed by atoms with Crippen molar-refractivity contribution in [3.05, 3.63) is 40.7 Å². The second kappa shape index (κ2) is 8.86. The summed E-state index contributed by atoms with van der Waals surface area (Å²) in [6.07, 6.45) is 1.83. The number of amides is 1. The van der Waals surface area contributed by atoms with Crippen molar-refractivity contribution in [1.82, 2.24) is 20.1 Å². The lowest BCUT2D eigenvalue weighted by Gasteiger charge is -2.37. The van der Waals surface area contributed by atoms with E-state index in [-0.39, 0.29) is 5.92 Å². The molecule has 0 radical (unpaired) electrons. The number of oxazole rings is 1. The summed E-state index contributed by atoms with van der Waals surface area (Å²) in [5, 5.41) is 4.10. The predicted molar refractivity (Wildman–Crippen MR) is 114 cm³/mol. The Bertz CT molecular complexity index is 843. The molecule has 1 N–H and O–H groups in total. The number of piperidine rings is 1. The van der Waals surface area contributed by atoms with Gasteiger partial charge in [-0.25, -0.2) is 4.98 Å². The Balaban J connectivity index is 1.33. The fourth-order valence-corrected chi connectivity index (χ4v) is 4.36. The van der Waals surface area contributed by atoms with Crippen LogP contribution < -0.4 is 5.32 Å². The molecule has 2 saturated heterocycles. The van der Waals surface area contributed by atoms with Gasteiger partial charge in [0.1, 0.15) is 5.76 Å². The molecule has 2 aliphatic rings. The van der Waals surface area contributed by atoms with Gasteiger partial charge in [-0.2, -0.15) is 0 Å². The van der Waals surface area contributed by atoms with Crippen LogP contribution in [0.2, 0.25) is 5.02 Å². The van der Waals surface area contributed by atoms with E-state index in [1.807, 2.05) is 36.1 Å². The van der Waals surface area contributed by atoms with Gasteiger partial charge in [-0.15, -0.1) is 0 Å². The number of aryl methyl sites for hydroxylation is 1. The number of benzene rings is 1. The minimum Gasteiger partial charge on any atom is -0.441 e. The van der Waals surface area contributed by atoms with Crippen LogP contribution in [0.15, 0.2) is 28.7 Å². The number of carbonyl (C=O) groups is 1. The topological polar surface area (TPSA) is 61.6 Å². The minimum atomic E-state index is 0.152. The number of nitrogens with one attached hydrogen (secondary N) is 1. The molecule has 2 aliphatic heterocycles. The third kappa shape index (κ3) is 4.82. The molecule has 4 rings (SSSR count).